The second kappa shape index (κ2) is 5.14. The van der Waals surface area contributed by atoms with Crippen LogP contribution in [0.3, 0.4) is 0 Å². The van der Waals surface area contributed by atoms with Crippen molar-refractivity contribution >= 4 is 17.1 Å². The lowest BCUT2D eigenvalue weighted by atomic mass is 10.2. The van der Waals surface area contributed by atoms with Gasteiger partial charge in [0.15, 0.2) is 0 Å². The molecule has 0 radical (unpaired) electrons. The lowest BCUT2D eigenvalue weighted by Gasteiger charge is -2.11. The highest BCUT2D eigenvalue weighted by Gasteiger charge is 2.08. The van der Waals surface area contributed by atoms with E-state index in [9.17, 15) is 8.78 Å². The Bertz CT molecular complexity index is 615. The zero-order valence-electron chi connectivity index (χ0n) is 10.6. The Morgan fingerprint density at radius 3 is 2.53 bits per heavy atom. The molecule has 5 heteroatoms. The molecule has 0 fully saturated rings. The van der Waals surface area contributed by atoms with Crippen LogP contribution in [0, 0.1) is 18.6 Å². The SMILES string of the molecule is COc1cc(Nc2cc(F)c(C)cc2F)ccc1N. The highest BCUT2D eigenvalue weighted by Crippen LogP contribution is 2.28. The third-order valence-electron chi connectivity index (χ3n) is 2.76. The molecule has 0 aromatic heterocycles. The lowest BCUT2D eigenvalue weighted by Crippen LogP contribution is -1.98. The number of hydrogen-bond donors (Lipinski definition) is 2. The highest BCUT2D eigenvalue weighted by molar-refractivity contribution is 5.67. The Balaban J connectivity index is 2.33. The summed E-state index contributed by atoms with van der Waals surface area (Å²) in [7, 11) is 1.49. The summed E-state index contributed by atoms with van der Waals surface area (Å²) < 4.78 is 32.2. The molecule has 0 saturated carbocycles. The summed E-state index contributed by atoms with van der Waals surface area (Å²) in [4.78, 5) is 0. The molecule has 19 heavy (non-hydrogen) atoms. The van der Waals surface area contributed by atoms with E-state index in [1.165, 1.54) is 14.0 Å². The van der Waals surface area contributed by atoms with Crippen LogP contribution in [0.25, 0.3) is 0 Å². The number of rotatable bonds is 3. The van der Waals surface area contributed by atoms with Crippen molar-refractivity contribution in [1.29, 1.82) is 0 Å². The predicted molar refractivity (Wildman–Crippen MR) is 71.8 cm³/mol. The number of methoxy groups -OCH3 is 1. The van der Waals surface area contributed by atoms with Gasteiger partial charge in [0.25, 0.3) is 0 Å². The van der Waals surface area contributed by atoms with E-state index in [2.05, 4.69) is 5.32 Å². The number of nitrogens with two attached hydrogens (primary N) is 1. The Morgan fingerprint density at radius 2 is 1.84 bits per heavy atom. The van der Waals surface area contributed by atoms with Crippen molar-refractivity contribution in [3.63, 3.8) is 0 Å². The molecule has 0 aliphatic carbocycles. The normalized spacial score (nSPS) is 10.3. The first kappa shape index (κ1) is 13.1. The van der Waals surface area contributed by atoms with Crippen molar-refractivity contribution in [2.24, 2.45) is 0 Å². The molecule has 0 heterocycles. The minimum atomic E-state index is -0.519. The van der Waals surface area contributed by atoms with E-state index in [0.717, 1.165) is 12.1 Å². The van der Waals surface area contributed by atoms with Gasteiger partial charge in [-0.1, -0.05) is 0 Å². The van der Waals surface area contributed by atoms with Crippen LogP contribution in [0.15, 0.2) is 30.3 Å². The first-order valence-electron chi connectivity index (χ1n) is 5.67. The lowest BCUT2D eigenvalue weighted by molar-refractivity contribution is 0.417. The molecule has 3 N–H and O–H groups in total. The highest BCUT2D eigenvalue weighted by atomic mass is 19.1. The second-order valence-electron chi connectivity index (χ2n) is 4.16. The first-order valence-corrected chi connectivity index (χ1v) is 5.67. The summed E-state index contributed by atoms with van der Waals surface area (Å²) in [5.41, 5.74) is 7.05. The number of hydrogen-bond acceptors (Lipinski definition) is 3. The fraction of sp³-hybridized carbons (Fsp3) is 0.143. The largest absolute Gasteiger partial charge is 0.495 e. The Kier molecular flexibility index (Phi) is 3.55. The molecule has 0 bridgehead atoms. The molecule has 0 atom stereocenters. The van der Waals surface area contributed by atoms with Crippen LogP contribution in [-0.4, -0.2) is 7.11 Å². The third kappa shape index (κ3) is 2.76. The van der Waals surface area contributed by atoms with Gasteiger partial charge in [-0.15, -0.1) is 0 Å². The third-order valence-corrected chi connectivity index (χ3v) is 2.76. The number of aryl methyl sites for hydroxylation is 1. The number of ether oxygens (including phenoxy) is 1. The quantitative estimate of drug-likeness (QED) is 0.832. The summed E-state index contributed by atoms with van der Waals surface area (Å²) in [6.45, 7) is 1.51. The smallest absolute Gasteiger partial charge is 0.147 e. The molecule has 0 amide bonds. The average molecular weight is 264 g/mol. The van der Waals surface area contributed by atoms with Crippen molar-refractivity contribution in [3.8, 4) is 5.75 Å². The Morgan fingerprint density at radius 1 is 1.11 bits per heavy atom. The van der Waals surface area contributed by atoms with Crippen LogP contribution in [0.1, 0.15) is 5.56 Å². The first-order chi connectivity index (χ1) is 9.01. The molecule has 0 saturated heterocycles. The fourth-order valence-corrected chi connectivity index (χ4v) is 1.69. The second-order valence-corrected chi connectivity index (χ2v) is 4.16. The maximum atomic E-state index is 13.7. The Hall–Kier alpha value is -2.30. The molecule has 2 aromatic carbocycles. The van der Waals surface area contributed by atoms with Crippen molar-refractivity contribution in [3.05, 3.63) is 47.5 Å². The van der Waals surface area contributed by atoms with E-state index < -0.39 is 11.6 Å². The van der Waals surface area contributed by atoms with Gasteiger partial charge >= 0.3 is 0 Å². The van der Waals surface area contributed by atoms with Crippen LogP contribution in [0.2, 0.25) is 0 Å². The number of halogens is 2. The molecule has 0 spiro atoms. The van der Waals surface area contributed by atoms with Crippen molar-refractivity contribution in [2.45, 2.75) is 6.92 Å². The summed E-state index contributed by atoms with van der Waals surface area (Å²) in [6, 6.07) is 7.17. The maximum Gasteiger partial charge on any atom is 0.147 e. The summed E-state index contributed by atoms with van der Waals surface area (Å²) >= 11 is 0. The van der Waals surface area contributed by atoms with Gasteiger partial charge in [-0.3, -0.25) is 0 Å². The van der Waals surface area contributed by atoms with Crippen molar-refractivity contribution < 1.29 is 13.5 Å². The Labute approximate surface area is 110 Å². The van der Waals surface area contributed by atoms with Gasteiger partial charge < -0.3 is 15.8 Å². The number of benzene rings is 2. The van der Waals surface area contributed by atoms with Crippen molar-refractivity contribution in [2.75, 3.05) is 18.2 Å². The van der Waals surface area contributed by atoms with Crippen LogP contribution in [0.5, 0.6) is 5.75 Å². The maximum absolute atomic E-state index is 13.7. The standard InChI is InChI=1S/C14H14F2N2O/c1-8-5-11(16)13(7-10(8)15)18-9-3-4-12(17)14(6-9)19-2/h3-7,18H,17H2,1-2H3. The van der Waals surface area contributed by atoms with E-state index >= 15 is 0 Å². The molecular formula is C14H14F2N2O. The van der Waals surface area contributed by atoms with Gasteiger partial charge in [-0.25, -0.2) is 8.78 Å². The molecule has 0 aliphatic heterocycles. The minimum absolute atomic E-state index is 0.0647. The summed E-state index contributed by atoms with van der Waals surface area (Å²) in [5.74, 6) is -0.515. The molecule has 2 rings (SSSR count). The number of nitrogens with one attached hydrogen (secondary N) is 1. The summed E-state index contributed by atoms with van der Waals surface area (Å²) in [5, 5.41) is 2.79. The summed E-state index contributed by atoms with van der Waals surface area (Å²) in [6.07, 6.45) is 0. The predicted octanol–water partition coefficient (Wildman–Crippen LogP) is 3.61. The van der Waals surface area contributed by atoms with Gasteiger partial charge in [0.1, 0.15) is 17.4 Å². The molecule has 100 valence electrons. The van der Waals surface area contributed by atoms with Gasteiger partial charge in [-0.2, -0.15) is 0 Å². The zero-order chi connectivity index (χ0) is 14.0. The van der Waals surface area contributed by atoms with E-state index in [1.807, 2.05) is 0 Å². The molecular weight excluding hydrogens is 250 g/mol. The van der Waals surface area contributed by atoms with Crippen LogP contribution < -0.4 is 15.8 Å². The van der Waals surface area contributed by atoms with Crippen LogP contribution in [0.4, 0.5) is 25.8 Å². The molecule has 3 nitrogen and oxygen atoms in total. The zero-order valence-corrected chi connectivity index (χ0v) is 10.6. The monoisotopic (exact) mass is 264 g/mol. The number of nitrogen functional groups attached to an aromatic ring is 1. The van der Waals surface area contributed by atoms with Gasteiger partial charge in [0.05, 0.1) is 18.5 Å². The van der Waals surface area contributed by atoms with Gasteiger partial charge in [-0.05, 0) is 30.7 Å². The van der Waals surface area contributed by atoms with E-state index in [1.54, 1.807) is 18.2 Å². The fourth-order valence-electron chi connectivity index (χ4n) is 1.69. The molecule has 0 unspecified atom stereocenters. The molecule has 0 aliphatic rings. The van der Waals surface area contributed by atoms with Crippen LogP contribution in [-0.2, 0) is 0 Å². The van der Waals surface area contributed by atoms with E-state index in [-0.39, 0.29) is 11.3 Å². The van der Waals surface area contributed by atoms with Gasteiger partial charge in [0, 0.05) is 17.8 Å². The minimum Gasteiger partial charge on any atom is -0.495 e. The number of anilines is 3. The van der Waals surface area contributed by atoms with Crippen LogP contribution >= 0.6 is 0 Å². The van der Waals surface area contributed by atoms with E-state index in [0.29, 0.717) is 17.1 Å². The topological polar surface area (TPSA) is 47.3 Å². The van der Waals surface area contributed by atoms with E-state index in [4.69, 9.17) is 10.5 Å². The molecule has 2 aromatic rings. The average Bonchev–Trinajstić information content (AvgIpc) is 2.38. The van der Waals surface area contributed by atoms with Crippen molar-refractivity contribution in [1.82, 2.24) is 0 Å². The van der Waals surface area contributed by atoms with Gasteiger partial charge in [0.2, 0.25) is 0 Å².